The Morgan fingerprint density at radius 2 is 1.50 bits per heavy atom. The minimum absolute atomic E-state index is 1.24. The van der Waals surface area contributed by atoms with Gasteiger partial charge in [0.25, 0.3) is 0 Å². The van der Waals surface area contributed by atoms with Crippen LogP contribution in [0, 0.1) is 20.8 Å². The van der Waals surface area contributed by atoms with Crippen molar-refractivity contribution in [2.75, 3.05) is 0 Å². The van der Waals surface area contributed by atoms with Gasteiger partial charge in [-0.15, -0.1) is 0 Å². The van der Waals surface area contributed by atoms with Crippen LogP contribution in [-0.4, -0.2) is 4.57 Å². The number of hydrogen-bond donors (Lipinski definition) is 0. The van der Waals surface area contributed by atoms with Crippen LogP contribution < -0.4 is 4.57 Å². The van der Waals surface area contributed by atoms with Crippen LogP contribution in [0.3, 0.4) is 0 Å². The zero-order valence-electron chi connectivity index (χ0n) is 14.0. The van der Waals surface area contributed by atoms with Gasteiger partial charge in [0.2, 0.25) is 11.4 Å². The Hall–Kier alpha value is -2.35. The number of aryl methyl sites for hydroxylation is 2. The van der Waals surface area contributed by atoms with Gasteiger partial charge in [-0.25, -0.2) is 0 Å². The quantitative estimate of drug-likeness (QED) is 0.628. The molecule has 3 rings (SSSR count). The van der Waals surface area contributed by atoms with Gasteiger partial charge < -0.3 is 4.57 Å². The molecule has 1 aromatic carbocycles. The molecule has 2 nitrogen and oxygen atoms in total. The van der Waals surface area contributed by atoms with Crippen molar-refractivity contribution in [2.24, 2.45) is 14.1 Å². The SMILES string of the molecule is Cc1ccccc1-c1cccc(-c2cc(C)c(C)n2C)[n+]1C. The number of hydrogen-bond acceptors (Lipinski definition) is 0. The first-order valence-corrected chi connectivity index (χ1v) is 7.69. The molecule has 22 heavy (non-hydrogen) atoms. The maximum atomic E-state index is 2.29. The largest absolute Gasteiger partial charge is 0.343 e. The highest BCUT2D eigenvalue weighted by molar-refractivity contribution is 5.63. The molecule has 0 atom stereocenters. The molecule has 0 N–H and O–H groups in total. The van der Waals surface area contributed by atoms with Crippen LogP contribution in [0.4, 0.5) is 0 Å². The van der Waals surface area contributed by atoms with Gasteiger partial charge in [-0.05, 0) is 50.1 Å². The Morgan fingerprint density at radius 3 is 2.14 bits per heavy atom. The van der Waals surface area contributed by atoms with Gasteiger partial charge in [-0.2, -0.15) is 4.57 Å². The highest BCUT2D eigenvalue weighted by Crippen LogP contribution is 2.25. The lowest BCUT2D eigenvalue weighted by molar-refractivity contribution is -0.649. The highest BCUT2D eigenvalue weighted by atomic mass is 15.0. The molecule has 0 unspecified atom stereocenters. The summed E-state index contributed by atoms with van der Waals surface area (Å²) in [7, 11) is 4.28. The summed E-state index contributed by atoms with van der Waals surface area (Å²) in [5, 5.41) is 0. The summed E-state index contributed by atoms with van der Waals surface area (Å²) in [4.78, 5) is 0. The van der Waals surface area contributed by atoms with E-state index in [4.69, 9.17) is 0 Å². The van der Waals surface area contributed by atoms with E-state index in [1.807, 2.05) is 0 Å². The first kappa shape index (κ1) is 14.6. The molecule has 0 bridgehead atoms. The van der Waals surface area contributed by atoms with E-state index in [2.05, 4.69) is 92.5 Å². The standard InChI is InChI=1S/C20H23N2/c1-14-9-6-7-10-17(14)18-11-8-12-19(22(18)5)20-13-15(2)16(3)21(20)4/h6-13H,1-5H3/q+1. The Labute approximate surface area is 132 Å². The van der Waals surface area contributed by atoms with E-state index in [0.717, 1.165) is 0 Å². The number of benzene rings is 1. The number of pyridine rings is 1. The lowest BCUT2D eigenvalue weighted by Gasteiger charge is -2.08. The maximum Gasteiger partial charge on any atom is 0.229 e. The predicted octanol–water partition coefficient (Wildman–Crippen LogP) is 4.11. The average molecular weight is 291 g/mol. The molecule has 0 aliphatic heterocycles. The maximum absolute atomic E-state index is 2.29. The summed E-state index contributed by atoms with van der Waals surface area (Å²) in [6, 6.07) is 17.3. The van der Waals surface area contributed by atoms with Crippen LogP contribution in [0.1, 0.15) is 16.8 Å². The molecule has 0 fully saturated rings. The van der Waals surface area contributed by atoms with E-state index in [9.17, 15) is 0 Å². The Kier molecular flexibility index (Phi) is 3.61. The van der Waals surface area contributed by atoms with Crippen LogP contribution in [-0.2, 0) is 14.1 Å². The fraction of sp³-hybridized carbons (Fsp3) is 0.250. The van der Waals surface area contributed by atoms with Crippen LogP contribution in [0.25, 0.3) is 22.6 Å². The normalized spacial score (nSPS) is 11.0. The molecule has 0 saturated heterocycles. The minimum Gasteiger partial charge on any atom is -0.343 e. The fourth-order valence-electron chi connectivity index (χ4n) is 3.07. The van der Waals surface area contributed by atoms with Crippen molar-refractivity contribution in [1.82, 2.24) is 4.57 Å². The Balaban J connectivity index is 2.22. The molecule has 2 aromatic heterocycles. The van der Waals surface area contributed by atoms with E-state index in [-0.39, 0.29) is 0 Å². The molecule has 0 spiro atoms. The van der Waals surface area contributed by atoms with Gasteiger partial charge in [-0.1, -0.05) is 18.2 Å². The molecule has 0 aliphatic carbocycles. The summed E-state index contributed by atoms with van der Waals surface area (Å²) in [5.41, 5.74) is 8.97. The third-order valence-electron chi connectivity index (χ3n) is 4.70. The van der Waals surface area contributed by atoms with E-state index < -0.39 is 0 Å². The van der Waals surface area contributed by atoms with Gasteiger partial charge in [-0.3, -0.25) is 0 Å². The number of rotatable bonds is 2. The number of aromatic nitrogens is 2. The minimum atomic E-state index is 1.24. The summed E-state index contributed by atoms with van der Waals surface area (Å²) >= 11 is 0. The Morgan fingerprint density at radius 1 is 0.818 bits per heavy atom. The lowest BCUT2D eigenvalue weighted by Crippen LogP contribution is -2.34. The molecular formula is C20H23N2+. The summed E-state index contributed by atoms with van der Waals surface area (Å²) in [6.45, 7) is 6.51. The molecular weight excluding hydrogens is 268 g/mol. The van der Waals surface area contributed by atoms with Crippen molar-refractivity contribution >= 4 is 0 Å². The monoisotopic (exact) mass is 291 g/mol. The Bertz CT molecular complexity index is 841. The van der Waals surface area contributed by atoms with Crippen LogP contribution in [0.5, 0.6) is 0 Å². The molecule has 112 valence electrons. The fourth-order valence-corrected chi connectivity index (χ4v) is 3.07. The van der Waals surface area contributed by atoms with Crippen LogP contribution in [0.2, 0.25) is 0 Å². The molecule has 0 amide bonds. The van der Waals surface area contributed by atoms with Crippen LogP contribution >= 0.6 is 0 Å². The summed E-state index contributed by atoms with van der Waals surface area (Å²) in [6.07, 6.45) is 0. The molecule has 0 radical (unpaired) electrons. The van der Waals surface area contributed by atoms with Crippen molar-refractivity contribution in [3.05, 3.63) is 65.4 Å². The number of nitrogens with zero attached hydrogens (tertiary/aromatic N) is 2. The average Bonchev–Trinajstić information content (AvgIpc) is 2.76. The van der Waals surface area contributed by atoms with Gasteiger partial charge in [0.05, 0.1) is 0 Å². The topological polar surface area (TPSA) is 8.81 Å². The van der Waals surface area contributed by atoms with Crippen molar-refractivity contribution < 1.29 is 4.57 Å². The molecule has 0 saturated carbocycles. The first-order valence-electron chi connectivity index (χ1n) is 7.69. The summed E-state index contributed by atoms with van der Waals surface area (Å²) < 4.78 is 4.56. The van der Waals surface area contributed by atoms with E-state index in [1.54, 1.807) is 0 Å². The van der Waals surface area contributed by atoms with Crippen molar-refractivity contribution in [2.45, 2.75) is 20.8 Å². The van der Waals surface area contributed by atoms with E-state index in [1.165, 1.54) is 39.5 Å². The van der Waals surface area contributed by atoms with Gasteiger partial charge >= 0.3 is 0 Å². The van der Waals surface area contributed by atoms with Gasteiger partial charge in [0.15, 0.2) is 0 Å². The molecule has 2 heterocycles. The zero-order chi connectivity index (χ0) is 15.9. The third kappa shape index (κ3) is 2.25. The van der Waals surface area contributed by atoms with Gasteiger partial charge in [0.1, 0.15) is 12.7 Å². The smallest absolute Gasteiger partial charge is 0.229 e. The van der Waals surface area contributed by atoms with Crippen molar-refractivity contribution in [3.63, 3.8) is 0 Å². The predicted molar refractivity (Wildman–Crippen MR) is 91.7 cm³/mol. The van der Waals surface area contributed by atoms with Gasteiger partial charge in [0, 0.05) is 30.4 Å². The highest BCUT2D eigenvalue weighted by Gasteiger charge is 2.20. The van der Waals surface area contributed by atoms with E-state index in [0.29, 0.717) is 0 Å². The second-order valence-corrected chi connectivity index (χ2v) is 6.03. The van der Waals surface area contributed by atoms with E-state index >= 15 is 0 Å². The van der Waals surface area contributed by atoms with Crippen molar-refractivity contribution in [1.29, 1.82) is 0 Å². The molecule has 3 aromatic rings. The van der Waals surface area contributed by atoms with Crippen LogP contribution in [0.15, 0.2) is 48.5 Å². The second kappa shape index (κ2) is 5.45. The lowest BCUT2D eigenvalue weighted by atomic mass is 10.0. The zero-order valence-corrected chi connectivity index (χ0v) is 14.0. The molecule has 2 heteroatoms. The second-order valence-electron chi connectivity index (χ2n) is 6.03. The van der Waals surface area contributed by atoms with Crippen molar-refractivity contribution in [3.8, 4) is 22.6 Å². The third-order valence-corrected chi connectivity index (χ3v) is 4.70. The summed E-state index contributed by atoms with van der Waals surface area (Å²) in [5.74, 6) is 0. The molecule has 0 aliphatic rings. The first-order chi connectivity index (χ1) is 10.5.